The predicted molar refractivity (Wildman–Crippen MR) is 83.6 cm³/mol. The van der Waals surface area contributed by atoms with Crippen molar-refractivity contribution < 1.29 is 0 Å². The van der Waals surface area contributed by atoms with Gasteiger partial charge >= 0.3 is 0 Å². The molecule has 0 radical (unpaired) electrons. The smallest absolute Gasteiger partial charge is 0.193 e. The van der Waals surface area contributed by atoms with Crippen molar-refractivity contribution in [3.63, 3.8) is 0 Å². The summed E-state index contributed by atoms with van der Waals surface area (Å²) in [5.41, 5.74) is 0.440. The van der Waals surface area contributed by atoms with E-state index in [1.807, 2.05) is 11.8 Å². The molecule has 18 heavy (non-hydrogen) atoms. The molecule has 0 unspecified atom stereocenters. The number of unbranched alkanes of at least 4 members (excludes halogenated alkanes) is 1. The zero-order valence-corrected chi connectivity index (χ0v) is 13.3. The summed E-state index contributed by atoms with van der Waals surface area (Å²) in [5, 5.41) is 3.42. The maximum Gasteiger partial charge on any atom is 0.193 e. The van der Waals surface area contributed by atoms with Crippen LogP contribution in [0, 0.1) is 5.41 Å². The fourth-order valence-electron chi connectivity index (χ4n) is 2.26. The Labute approximate surface area is 117 Å². The van der Waals surface area contributed by atoms with Gasteiger partial charge in [-0.1, -0.05) is 13.8 Å². The Morgan fingerprint density at radius 2 is 2.17 bits per heavy atom. The fourth-order valence-corrected chi connectivity index (χ4v) is 2.75. The number of nitrogens with one attached hydrogen (secondary N) is 1. The van der Waals surface area contributed by atoms with Crippen LogP contribution in [0.3, 0.4) is 0 Å². The minimum Gasteiger partial charge on any atom is -0.357 e. The molecule has 0 amide bonds. The summed E-state index contributed by atoms with van der Waals surface area (Å²) in [4.78, 5) is 7.17. The number of likely N-dealkylation sites (tertiary alicyclic amines) is 1. The highest BCUT2D eigenvalue weighted by molar-refractivity contribution is 7.98. The van der Waals surface area contributed by atoms with Gasteiger partial charge in [-0.05, 0) is 43.6 Å². The molecule has 0 saturated carbocycles. The van der Waals surface area contributed by atoms with E-state index in [0.29, 0.717) is 5.41 Å². The molecule has 0 aromatic heterocycles. The predicted octanol–water partition coefficient (Wildman–Crippen LogP) is 2.83. The molecule has 1 rings (SSSR count). The molecule has 0 aromatic rings. The monoisotopic (exact) mass is 271 g/mol. The average molecular weight is 271 g/mol. The number of hydrogen-bond acceptors (Lipinski definition) is 2. The molecule has 4 heteroatoms. The van der Waals surface area contributed by atoms with Gasteiger partial charge in [-0.2, -0.15) is 11.8 Å². The lowest BCUT2D eigenvalue weighted by Crippen LogP contribution is -2.40. The van der Waals surface area contributed by atoms with E-state index in [1.165, 1.54) is 25.0 Å². The van der Waals surface area contributed by atoms with Crippen molar-refractivity contribution in [3.05, 3.63) is 0 Å². The molecule has 3 nitrogen and oxygen atoms in total. The number of hydrogen-bond donors (Lipinski definition) is 1. The quantitative estimate of drug-likeness (QED) is 0.457. The summed E-state index contributed by atoms with van der Waals surface area (Å²) in [6.07, 6.45) is 5.91. The van der Waals surface area contributed by atoms with Crippen LogP contribution >= 0.6 is 11.8 Å². The second-order valence-corrected chi connectivity index (χ2v) is 6.76. The molecular formula is C14H29N3S. The van der Waals surface area contributed by atoms with Crippen molar-refractivity contribution >= 4 is 17.7 Å². The van der Waals surface area contributed by atoms with Crippen LogP contribution in [0.25, 0.3) is 0 Å². The first-order valence-corrected chi connectivity index (χ1v) is 8.50. The number of nitrogens with zero attached hydrogens (tertiary/aromatic N) is 2. The van der Waals surface area contributed by atoms with Gasteiger partial charge in [0.2, 0.25) is 0 Å². The first-order valence-electron chi connectivity index (χ1n) is 7.11. The highest BCUT2D eigenvalue weighted by Crippen LogP contribution is 2.28. The van der Waals surface area contributed by atoms with Crippen molar-refractivity contribution in [2.75, 3.05) is 38.2 Å². The SMILES string of the molecule is CCNC(=NCCCCSC)N1CCC(C)(C)C1. The summed E-state index contributed by atoms with van der Waals surface area (Å²) >= 11 is 1.92. The normalized spacial score (nSPS) is 19.3. The van der Waals surface area contributed by atoms with Crippen LogP contribution in [0.5, 0.6) is 0 Å². The van der Waals surface area contributed by atoms with Gasteiger partial charge in [0, 0.05) is 26.2 Å². The third-order valence-electron chi connectivity index (χ3n) is 3.33. The van der Waals surface area contributed by atoms with Crippen molar-refractivity contribution in [3.8, 4) is 0 Å². The molecule has 1 N–H and O–H groups in total. The van der Waals surface area contributed by atoms with E-state index in [2.05, 4.69) is 37.2 Å². The van der Waals surface area contributed by atoms with E-state index >= 15 is 0 Å². The van der Waals surface area contributed by atoms with Gasteiger partial charge in [-0.15, -0.1) is 0 Å². The van der Waals surface area contributed by atoms with Crippen LogP contribution < -0.4 is 5.32 Å². The Bertz CT molecular complexity index is 264. The molecule has 0 bridgehead atoms. The minimum atomic E-state index is 0.440. The molecule has 1 aliphatic heterocycles. The van der Waals surface area contributed by atoms with Gasteiger partial charge in [-0.3, -0.25) is 4.99 Å². The molecular weight excluding hydrogens is 242 g/mol. The van der Waals surface area contributed by atoms with Gasteiger partial charge in [0.25, 0.3) is 0 Å². The first kappa shape index (κ1) is 15.7. The van der Waals surface area contributed by atoms with Gasteiger partial charge in [0.15, 0.2) is 5.96 Å². The average Bonchev–Trinajstić information content (AvgIpc) is 2.68. The standard InChI is InChI=1S/C14H29N3S/c1-5-15-13(16-9-6-7-11-18-4)17-10-8-14(2,3)12-17/h5-12H2,1-4H3,(H,15,16). The summed E-state index contributed by atoms with van der Waals surface area (Å²) in [6, 6.07) is 0. The van der Waals surface area contributed by atoms with Crippen LogP contribution in [-0.2, 0) is 0 Å². The summed E-state index contributed by atoms with van der Waals surface area (Å²) < 4.78 is 0. The number of thioether (sulfide) groups is 1. The molecule has 0 aliphatic carbocycles. The second kappa shape index (κ2) is 7.93. The summed E-state index contributed by atoms with van der Waals surface area (Å²) in [5.74, 6) is 2.37. The van der Waals surface area contributed by atoms with Gasteiger partial charge in [-0.25, -0.2) is 0 Å². The number of aliphatic imine (C=N–C) groups is 1. The van der Waals surface area contributed by atoms with E-state index in [4.69, 9.17) is 4.99 Å². The zero-order valence-electron chi connectivity index (χ0n) is 12.5. The number of guanidine groups is 1. The lowest BCUT2D eigenvalue weighted by molar-refractivity contribution is 0.370. The Morgan fingerprint density at radius 1 is 1.39 bits per heavy atom. The van der Waals surface area contributed by atoms with E-state index in [1.54, 1.807) is 0 Å². The maximum atomic E-state index is 4.76. The lowest BCUT2D eigenvalue weighted by atomic mass is 9.93. The zero-order chi connectivity index (χ0) is 13.4. The van der Waals surface area contributed by atoms with Crippen molar-refractivity contribution in [1.82, 2.24) is 10.2 Å². The Kier molecular flexibility index (Phi) is 6.90. The van der Waals surface area contributed by atoms with E-state index < -0.39 is 0 Å². The molecule has 1 heterocycles. The van der Waals surface area contributed by atoms with Crippen LogP contribution in [0.1, 0.15) is 40.0 Å². The molecule has 1 saturated heterocycles. The van der Waals surface area contributed by atoms with Gasteiger partial charge in [0.1, 0.15) is 0 Å². The molecule has 0 aromatic carbocycles. The first-order chi connectivity index (χ1) is 8.59. The third-order valence-corrected chi connectivity index (χ3v) is 4.03. The Hall–Kier alpha value is -0.380. The second-order valence-electron chi connectivity index (χ2n) is 5.77. The number of rotatable bonds is 6. The van der Waals surface area contributed by atoms with Crippen molar-refractivity contribution in [1.29, 1.82) is 0 Å². The van der Waals surface area contributed by atoms with Crippen molar-refractivity contribution in [2.45, 2.75) is 40.0 Å². The third kappa shape index (κ3) is 5.51. The maximum absolute atomic E-state index is 4.76. The summed E-state index contributed by atoms with van der Waals surface area (Å²) in [7, 11) is 0. The van der Waals surface area contributed by atoms with Crippen LogP contribution in [0.4, 0.5) is 0 Å². The fraction of sp³-hybridized carbons (Fsp3) is 0.929. The Morgan fingerprint density at radius 3 is 2.72 bits per heavy atom. The molecule has 106 valence electrons. The molecule has 1 aliphatic rings. The molecule has 1 fully saturated rings. The van der Waals surface area contributed by atoms with E-state index in [-0.39, 0.29) is 0 Å². The Balaban J connectivity index is 2.41. The lowest BCUT2D eigenvalue weighted by Gasteiger charge is -2.23. The topological polar surface area (TPSA) is 27.6 Å². The largest absolute Gasteiger partial charge is 0.357 e. The highest BCUT2D eigenvalue weighted by Gasteiger charge is 2.30. The van der Waals surface area contributed by atoms with Gasteiger partial charge < -0.3 is 10.2 Å². The molecule has 0 atom stereocenters. The van der Waals surface area contributed by atoms with E-state index in [9.17, 15) is 0 Å². The van der Waals surface area contributed by atoms with Crippen LogP contribution in [0.2, 0.25) is 0 Å². The minimum absolute atomic E-state index is 0.440. The van der Waals surface area contributed by atoms with E-state index in [0.717, 1.165) is 32.1 Å². The molecule has 0 spiro atoms. The van der Waals surface area contributed by atoms with Crippen molar-refractivity contribution in [2.24, 2.45) is 10.4 Å². The van der Waals surface area contributed by atoms with Crippen LogP contribution in [-0.4, -0.2) is 49.0 Å². The summed E-state index contributed by atoms with van der Waals surface area (Å²) in [6.45, 7) is 11.0. The highest BCUT2D eigenvalue weighted by atomic mass is 32.2. The van der Waals surface area contributed by atoms with Gasteiger partial charge in [0.05, 0.1) is 0 Å². The van der Waals surface area contributed by atoms with Crippen LogP contribution in [0.15, 0.2) is 4.99 Å².